The Kier molecular flexibility index (Phi) is 14.6. The second-order valence-corrected chi connectivity index (χ2v) is 14.4. The van der Waals surface area contributed by atoms with Crippen LogP contribution in [0.5, 0.6) is 0 Å². The van der Waals surface area contributed by atoms with Crippen molar-refractivity contribution in [1.29, 1.82) is 0 Å². The van der Waals surface area contributed by atoms with Gasteiger partial charge in [0.05, 0.1) is 12.2 Å². The number of carboxylic acids is 1. The van der Waals surface area contributed by atoms with Gasteiger partial charge in [0.15, 0.2) is 0 Å². The number of hydrogen-bond donors (Lipinski definition) is 3. The summed E-state index contributed by atoms with van der Waals surface area (Å²) < 4.78 is 75.5. The van der Waals surface area contributed by atoms with Crippen LogP contribution in [-0.2, 0) is 34.0 Å². The average Bonchev–Trinajstić information content (AvgIpc) is 3.08. The second-order valence-electron chi connectivity index (χ2n) is 12.3. The fourth-order valence-corrected chi connectivity index (χ4v) is 10.2. The normalized spacial score (nSPS) is 40.4. The predicted molar refractivity (Wildman–Crippen MR) is 147 cm³/mol. The summed E-state index contributed by atoms with van der Waals surface area (Å²) in [6.07, 6.45) is 4.89. The minimum atomic E-state index is -4.70. The van der Waals surface area contributed by atoms with E-state index in [0.717, 1.165) is 25.7 Å². The minimum absolute atomic E-state index is 0. The van der Waals surface area contributed by atoms with Gasteiger partial charge >= 0.3 is 26.8 Å². The molecule has 0 aromatic heterocycles. The molecule has 4 aliphatic rings. The van der Waals surface area contributed by atoms with Gasteiger partial charge in [-0.2, -0.15) is 16.8 Å². The number of fused-ring (bicyclic) bond motifs is 5. The molecule has 0 saturated heterocycles. The minimum Gasteiger partial charge on any atom is -0.481 e. The third-order valence-corrected chi connectivity index (χ3v) is 11.7. The molecule has 3 radical (unpaired) electrons. The Morgan fingerprint density at radius 2 is 1.44 bits per heavy atom. The third kappa shape index (κ3) is 8.69. The molecule has 4 fully saturated rings. The average molecular weight is 622 g/mol. The molecule has 211 valence electrons. The molecule has 10 nitrogen and oxygen atoms in total. The van der Waals surface area contributed by atoms with Crippen molar-refractivity contribution in [3.8, 4) is 0 Å². The molecule has 0 aromatic rings. The zero-order valence-corrected chi connectivity index (χ0v) is 31.8. The van der Waals surface area contributed by atoms with Crippen LogP contribution >= 0.6 is 0 Å². The van der Waals surface area contributed by atoms with Gasteiger partial charge < -0.3 is 5.11 Å². The van der Waals surface area contributed by atoms with Crippen molar-refractivity contribution in [1.82, 2.24) is 0 Å². The Bertz CT molecular complexity index is 1070. The Labute approximate surface area is 299 Å². The van der Waals surface area contributed by atoms with Crippen molar-refractivity contribution >= 4 is 115 Å². The first-order valence-corrected chi connectivity index (χ1v) is 15.8. The smallest absolute Gasteiger partial charge is 0.397 e. The zero-order valence-electron chi connectivity index (χ0n) is 24.2. The summed E-state index contributed by atoms with van der Waals surface area (Å²) in [6.45, 7) is 6.58. The quantitative estimate of drug-likeness (QED) is 0.271. The molecular weight excluding hydrogens is 581 g/mol. The first kappa shape index (κ1) is 39.2. The maximum atomic E-state index is 11.9. The first-order valence-electron chi connectivity index (χ1n) is 13.1. The molecule has 4 aliphatic carbocycles. The number of hydrogen-bond acceptors (Lipinski definition) is 7. The molecule has 15 heteroatoms. The molecule has 0 heterocycles. The Hall–Kier alpha value is 2.21. The topological polar surface area (TPSA) is 164 Å². The molecule has 3 N–H and O–H groups in total. The van der Waals surface area contributed by atoms with E-state index in [4.69, 9.17) is 13.5 Å². The van der Waals surface area contributed by atoms with E-state index in [1.807, 2.05) is 0 Å². The summed E-state index contributed by atoms with van der Waals surface area (Å²) in [6, 6.07) is 0. The van der Waals surface area contributed by atoms with Crippen molar-refractivity contribution < 1.29 is 44.2 Å². The molecule has 0 amide bonds. The zero-order chi connectivity index (χ0) is 26.7. The van der Waals surface area contributed by atoms with Crippen LogP contribution in [0.1, 0.15) is 85.0 Å². The van der Waals surface area contributed by atoms with Crippen LogP contribution in [0.4, 0.5) is 0 Å². The fraction of sp³-hybridized carbons (Fsp3) is 0.958. The Morgan fingerprint density at radius 1 is 0.872 bits per heavy atom. The first-order chi connectivity index (χ1) is 16.5. The van der Waals surface area contributed by atoms with Gasteiger partial charge in [-0.15, -0.1) is 0 Å². The molecule has 10 atom stereocenters. The van der Waals surface area contributed by atoms with E-state index in [1.54, 1.807) is 0 Å². The van der Waals surface area contributed by atoms with Crippen molar-refractivity contribution in [2.24, 2.45) is 46.3 Å². The van der Waals surface area contributed by atoms with Gasteiger partial charge in [-0.05, 0) is 104 Å². The van der Waals surface area contributed by atoms with Crippen molar-refractivity contribution in [3.05, 3.63) is 0 Å². The maximum Gasteiger partial charge on any atom is 0.397 e. The van der Waals surface area contributed by atoms with Crippen LogP contribution in [0.25, 0.3) is 0 Å². The van der Waals surface area contributed by atoms with E-state index in [9.17, 15) is 30.7 Å². The molecule has 4 rings (SSSR count). The van der Waals surface area contributed by atoms with Crippen molar-refractivity contribution in [2.75, 3.05) is 0 Å². The monoisotopic (exact) mass is 621 g/mol. The van der Waals surface area contributed by atoms with Crippen LogP contribution in [0.15, 0.2) is 0 Å². The summed E-state index contributed by atoms with van der Waals surface area (Å²) in [7, 11) is -9.30. The molecule has 0 aliphatic heterocycles. The summed E-state index contributed by atoms with van der Waals surface area (Å²) in [4.78, 5) is 11.2. The van der Waals surface area contributed by atoms with E-state index in [-0.39, 0.29) is 136 Å². The van der Waals surface area contributed by atoms with E-state index >= 15 is 0 Å². The maximum absolute atomic E-state index is 11.9. The molecular formula is C24H40Na3O10S2. The van der Waals surface area contributed by atoms with Gasteiger partial charge in [-0.1, -0.05) is 20.8 Å². The van der Waals surface area contributed by atoms with Crippen molar-refractivity contribution in [2.45, 2.75) is 97.2 Å². The van der Waals surface area contributed by atoms with Crippen LogP contribution in [0, 0.1) is 46.3 Å². The van der Waals surface area contributed by atoms with E-state index in [1.165, 1.54) is 0 Å². The van der Waals surface area contributed by atoms with E-state index < -0.39 is 39.0 Å². The van der Waals surface area contributed by atoms with Gasteiger partial charge in [0.25, 0.3) is 0 Å². The predicted octanol–water partition coefficient (Wildman–Crippen LogP) is 2.99. The molecule has 0 aromatic carbocycles. The second kappa shape index (κ2) is 14.5. The van der Waals surface area contributed by atoms with Gasteiger partial charge in [-0.3, -0.25) is 13.9 Å². The van der Waals surface area contributed by atoms with Crippen LogP contribution in [-0.4, -0.2) is 138 Å². The Balaban J connectivity index is 0.00000253. The molecule has 0 bridgehead atoms. The SMILES string of the molecule is C[C@H](CCC(=O)O)[C@H]1CC[C@H]2[C@@H]3[C@@H](OS(=O)(=O)O)C[C@@H]4C[C@H](OS(=O)(=O)O)CC[C@]4(C)[C@H]3CC[C@]12C.[Na].[Na].[Na]. The van der Waals surface area contributed by atoms with Crippen LogP contribution < -0.4 is 0 Å². The molecule has 0 unspecified atom stereocenters. The summed E-state index contributed by atoms with van der Waals surface area (Å²) in [5.41, 5.74) is -0.244. The van der Waals surface area contributed by atoms with Gasteiger partial charge in [-0.25, -0.2) is 8.37 Å². The number of aliphatic carboxylic acids is 1. The Morgan fingerprint density at radius 3 is 2.00 bits per heavy atom. The van der Waals surface area contributed by atoms with Gasteiger partial charge in [0.1, 0.15) is 0 Å². The molecule has 4 saturated carbocycles. The standard InChI is InChI=1S/C24H40O10S2.3Na/c1-14(4-7-21(25)26)17-5-6-18-22-19(9-11-24(17,18)3)23(2)10-8-16(33-35(27,28)29)12-15(23)13-20(22)34-36(30,31)32;;;/h14-20,22H,4-13H2,1-3H3,(H,25,26)(H,27,28,29)(H,30,31,32);;;/t14-,15+,16-,17-,18+,19+,20+,22+,23+,24-;;;/m1.../s1. The van der Waals surface area contributed by atoms with Crippen molar-refractivity contribution in [3.63, 3.8) is 0 Å². The number of rotatable bonds is 8. The number of carboxylic acid groups (broad SMARTS) is 1. The van der Waals surface area contributed by atoms with E-state index in [2.05, 4.69) is 20.8 Å². The number of carbonyl (C=O) groups is 1. The van der Waals surface area contributed by atoms with Gasteiger partial charge in [0.2, 0.25) is 0 Å². The third-order valence-electron chi connectivity index (χ3n) is 10.7. The van der Waals surface area contributed by atoms with Crippen LogP contribution in [0.2, 0.25) is 0 Å². The van der Waals surface area contributed by atoms with E-state index in [0.29, 0.717) is 38.0 Å². The summed E-state index contributed by atoms with van der Waals surface area (Å²) in [5.74, 6) is -0.0748. The molecule has 39 heavy (non-hydrogen) atoms. The van der Waals surface area contributed by atoms with Crippen LogP contribution in [0.3, 0.4) is 0 Å². The molecule has 0 spiro atoms. The largest absolute Gasteiger partial charge is 0.481 e. The summed E-state index contributed by atoms with van der Waals surface area (Å²) >= 11 is 0. The summed E-state index contributed by atoms with van der Waals surface area (Å²) in [5, 5.41) is 9.17. The fourth-order valence-electron chi connectivity index (χ4n) is 9.20. The van der Waals surface area contributed by atoms with Gasteiger partial charge in [0, 0.05) is 95.1 Å².